The number of nitrogens with one attached hydrogen (secondary N) is 1. The molecular weight excluding hydrogens is 308 g/mol. The van der Waals surface area contributed by atoms with E-state index in [1.807, 2.05) is 11.8 Å². The van der Waals surface area contributed by atoms with Crippen LogP contribution in [0.4, 0.5) is 8.78 Å². The Hall–Kier alpha value is -1.31. The van der Waals surface area contributed by atoms with Crippen molar-refractivity contribution in [3.8, 4) is 0 Å². The Kier molecular flexibility index (Phi) is 6.05. The summed E-state index contributed by atoms with van der Waals surface area (Å²) in [7, 11) is 1.72. The molecule has 124 valence electrons. The summed E-state index contributed by atoms with van der Waals surface area (Å²) < 4.78 is 26.5. The van der Waals surface area contributed by atoms with Crippen LogP contribution in [0.3, 0.4) is 0 Å². The van der Waals surface area contributed by atoms with E-state index >= 15 is 0 Å². The van der Waals surface area contributed by atoms with Crippen LogP contribution in [0.1, 0.15) is 26.2 Å². The predicted molar refractivity (Wildman–Crippen MR) is 86.3 cm³/mol. The Morgan fingerprint density at radius 3 is 2.95 bits per heavy atom. The Morgan fingerprint density at radius 1 is 1.55 bits per heavy atom. The zero-order chi connectivity index (χ0) is 16.1. The molecule has 0 amide bonds. The van der Waals surface area contributed by atoms with E-state index in [9.17, 15) is 8.78 Å². The standard InChI is InChI=1S/C14H23F2N5S/c1-10(2)11-9-20(6-7-22-11)14(17-3)19-8-12-18-4-5-21(12)13(15)16/h4-5,10-11,13H,6-9H2,1-3H3,(H,17,19). The molecule has 8 heteroatoms. The molecule has 0 saturated carbocycles. The van der Waals surface area contributed by atoms with Crippen molar-refractivity contribution in [1.82, 2.24) is 19.8 Å². The van der Waals surface area contributed by atoms with Gasteiger partial charge < -0.3 is 10.2 Å². The van der Waals surface area contributed by atoms with E-state index in [0.717, 1.165) is 29.4 Å². The van der Waals surface area contributed by atoms with Gasteiger partial charge >= 0.3 is 6.55 Å². The molecule has 1 atom stereocenters. The molecule has 1 aromatic heterocycles. The van der Waals surface area contributed by atoms with Crippen LogP contribution in [-0.4, -0.2) is 51.6 Å². The lowest BCUT2D eigenvalue weighted by Gasteiger charge is -2.36. The molecule has 5 nitrogen and oxygen atoms in total. The highest BCUT2D eigenvalue weighted by Crippen LogP contribution is 2.24. The average Bonchev–Trinajstić information content (AvgIpc) is 2.97. The number of guanidine groups is 1. The lowest BCUT2D eigenvalue weighted by atomic mass is 10.1. The topological polar surface area (TPSA) is 45.5 Å². The highest BCUT2D eigenvalue weighted by atomic mass is 32.2. The van der Waals surface area contributed by atoms with Crippen molar-refractivity contribution in [2.75, 3.05) is 25.9 Å². The first-order valence-electron chi connectivity index (χ1n) is 7.40. The van der Waals surface area contributed by atoms with Crippen LogP contribution in [0, 0.1) is 5.92 Å². The first-order chi connectivity index (χ1) is 10.5. The van der Waals surface area contributed by atoms with Gasteiger partial charge in [0.05, 0.1) is 6.54 Å². The van der Waals surface area contributed by atoms with Gasteiger partial charge in [0, 0.05) is 43.5 Å². The fourth-order valence-corrected chi connectivity index (χ4v) is 3.72. The maximum atomic E-state index is 12.8. The molecule has 1 aromatic rings. The van der Waals surface area contributed by atoms with Crippen molar-refractivity contribution >= 4 is 17.7 Å². The highest BCUT2D eigenvalue weighted by molar-refractivity contribution is 8.00. The van der Waals surface area contributed by atoms with Gasteiger partial charge in [-0.1, -0.05) is 13.8 Å². The lowest BCUT2D eigenvalue weighted by Crippen LogP contribution is -2.49. The van der Waals surface area contributed by atoms with Crippen LogP contribution in [0.15, 0.2) is 17.4 Å². The minimum Gasteiger partial charge on any atom is -0.349 e. The van der Waals surface area contributed by atoms with E-state index in [1.54, 1.807) is 7.05 Å². The summed E-state index contributed by atoms with van der Waals surface area (Å²) in [6.07, 6.45) is 2.68. The average molecular weight is 331 g/mol. The van der Waals surface area contributed by atoms with E-state index in [2.05, 4.69) is 34.0 Å². The van der Waals surface area contributed by atoms with Gasteiger partial charge in [-0.25, -0.2) is 4.98 Å². The van der Waals surface area contributed by atoms with Crippen LogP contribution in [0.25, 0.3) is 0 Å². The number of aromatic nitrogens is 2. The maximum absolute atomic E-state index is 12.8. The third kappa shape index (κ3) is 4.12. The summed E-state index contributed by atoms with van der Waals surface area (Å²) in [5, 5.41) is 3.71. The van der Waals surface area contributed by atoms with Crippen LogP contribution in [-0.2, 0) is 6.54 Å². The summed E-state index contributed by atoms with van der Waals surface area (Å²) in [5.74, 6) is 2.70. The fraction of sp³-hybridized carbons (Fsp3) is 0.714. The first-order valence-corrected chi connectivity index (χ1v) is 8.44. The zero-order valence-electron chi connectivity index (χ0n) is 13.2. The summed E-state index contributed by atoms with van der Waals surface area (Å²) in [6.45, 7) is 3.94. The fourth-order valence-electron chi connectivity index (χ4n) is 2.42. The van der Waals surface area contributed by atoms with Crippen molar-refractivity contribution in [3.05, 3.63) is 18.2 Å². The maximum Gasteiger partial charge on any atom is 0.319 e. The minimum absolute atomic E-state index is 0.236. The number of rotatable bonds is 4. The van der Waals surface area contributed by atoms with Crippen LogP contribution < -0.4 is 5.32 Å². The second kappa shape index (κ2) is 7.80. The summed E-state index contributed by atoms with van der Waals surface area (Å²) in [6, 6.07) is 0. The van der Waals surface area contributed by atoms with Crippen LogP contribution in [0.5, 0.6) is 0 Å². The Balaban J connectivity index is 1.96. The van der Waals surface area contributed by atoms with E-state index in [0.29, 0.717) is 17.0 Å². The summed E-state index contributed by atoms with van der Waals surface area (Å²) in [4.78, 5) is 10.4. The molecule has 1 aliphatic heterocycles. The largest absolute Gasteiger partial charge is 0.349 e. The van der Waals surface area contributed by atoms with Crippen molar-refractivity contribution in [2.45, 2.75) is 32.2 Å². The molecule has 1 saturated heterocycles. The summed E-state index contributed by atoms with van der Waals surface area (Å²) in [5.41, 5.74) is 0. The van der Waals surface area contributed by atoms with Crippen molar-refractivity contribution in [2.24, 2.45) is 10.9 Å². The van der Waals surface area contributed by atoms with Gasteiger partial charge in [-0.2, -0.15) is 20.5 Å². The van der Waals surface area contributed by atoms with Gasteiger partial charge in [0.25, 0.3) is 0 Å². The number of imidazole rings is 1. The molecule has 0 radical (unpaired) electrons. The summed E-state index contributed by atoms with van der Waals surface area (Å²) >= 11 is 1.99. The molecule has 0 aromatic carbocycles. The normalized spacial score (nSPS) is 20.0. The molecule has 2 rings (SSSR count). The van der Waals surface area contributed by atoms with Crippen molar-refractivity contribution in [1.29, 1.82) is 0 Å². The second-order valence-corrected chi connectivity index (χ2v) is 6.88. The molecule has 0 spiro atoms. The van der Waals surface area contributed by atoms with Gasteiger partial charge in [0.15, 0.2) is 5.96 Å². The third-order valence-corrected chi connectivity index (χ3v) is 5.25. The second-order valence-electron chi connectivity index (χ2n) is 5.53. The van der Waals surface area contributed by atoms with Crippen LogP contribution in [0.2, 0.25) is 0 Å². The van der Waals surface area contributed by atoms with Gasteiger partial charge in [-0.3, -0.25) is 9.56 Å². The third-order valence-electron chi connectivity index (χ3n) is 3.71. The minimum atomic E-state index is -2.57. The van der Waals surface area contributed by atoms with E-state index < -0.39 is 6.55 Å². The van der Waals surface area contributed by atoms with Gasteiger partial charge in [-0.05, 0) is 5.92 Å². The number of hydrogen-bond acceptors (Lipinski definition) is 3. The number of hydrogen-bond donors (Lipinski definition) is 1. The Bertz CT molecular complexity index is 503. The van der Waals surface area contributed by atoms with Gasteiger partial charge in [0.2, 0.25) is 0 Å². The smallest absolute Gasteiger partial charge is 0.319 e. The molecule has 1 unspecified atom stereocenters. The monoisotopic (exact) mass is 331 g/mol. The number of aliphatic imine (C=N–C) groups is 1. The van der Waals surface area contributed by atoms with Crippen LogP contribution >= 0.6 is 11.8 Å². The van der Waals surface area contributed by atoms with Gasteiger partial charge in [-0.15, -0.1) is 0 Å². The predicted octanol–water partition coefficient (Wildman–Crippen LogP) is 2.43. The van der Waals surface area contributed by atoms with E-state index in [1.165, 1.54) is 12.4 Å². The van der Waals surface area contributed by atoms with E-state index in [4.69, 9.17) is 0 Å². The molecule has 1 fully saturated rings. The number of halogens is 2. The molecule has 0 aliphatic carbocycles. The Morgan fingerprint density at radius 2 is 2.32 bits per heavy atom. The lowest BCUT2D eigenvalue weighted by molar-refractivity contribution is 0.0668. The zero-order valence-corrected chi connectivity index (χ0v) is 14.0. The van der Waals surface area contributed by atoms with Crippen molar-refractivity contribution in [3.63, 3.8) is 0 Å². The SMILES string of the molecule is CN=C(NCc1nccn1C(F)F)N1CCSC(C(C)C)C1. The molecule has 2 heterocycles. The molecule has 22 heavy (non-hydrogen) atoms. The molecular formula is C14H23F2N5S. The Labute approximate surface area is 134 Å². The molecule has 0 bridgehead atoms. The van der Waals surface area contributed by atoms with E-state index in [-0.39, 0.29) is 6.54 Å². The highest BCUT2D eigenvalue weighted by Gasteiger charge is 2.25. The number of thioether (sulfide) groups is 1. The number of alkyl halides is 2. The number of nitrogens with zero attached hydrogens (tertiary/aromatic N) is 4. The van der Waals surface area contributed by atoms with Gasteiger partial charge in [0.1, 0.15) is 5.82 Å². The quantitative estimate of drug-likeness (QED) is 0.680. The molecule has 1 aliphatic rings. The van der Waals surface area contributed by atoms with Crippen molar-refractivity contribution < 1.29 is 8.78 Å². The molecule has 1 N–H and O–H groups in total. The first kappa shape index (κ1) is 17.1.